The van der Waals surface area contributed by atoms with E-state index in [0.717, 1.165) is 39.4 Å². The molecule has 0 aliphatic carbocycles. The van der Waals surface area contributed by atoms with E-state index in [2.05, 4.69) is 289 Å². The summed E-state index contributed by atoms with van der Waals surface area (Å²) in [6.45, 7) is 37.6. The van der Waals surface area contributed by atoms with Crippen LogP contribution in [0.1, 0.15) is 155 Å². The molecular weight excluding hydrogens is 913 g/mol. The fourth-order valence-electron chi connectivity index (χ4n) is 10.8. The minimum absolute atomic E-state index is 0.0325. The normalized spacial score (nSPS) is 13.8. The molecule has 2 aromatic heterocycles. The highest BCUT2D eigenvalue weighted by atomic mass is 16.5. The number of hydrogen-bond acceptors (Lipinski definition) is 4. The van der Waals surface area contributed by atoms with E-state index in [1.165, 1.54) is 67.0 Å². The van der Waals surface area contributed by atoms with Gasteiger partial charge in [0.25, 0.3) is 0 Å². The van der Waals surface area contributed by atoms with Crippen molar-refractivity contribution in [1.82, 2.24) is 9.55 Å². The fraction of sp³-hybridized carbons (Fsp3) is 0.329. The molecule has 5 nitrogen and oxygen atoms in total. The van der Waals surface area contributed by atoms with Crippen molar-refractivity contribution < 1.29 is 4.74 Å². The molecule has 0 saturated heterocycles. The zero-order valence-corrected chi connectivity index (χ0v) is 47.6. The van der Waals surface area contributed by atoms with E-state index < -0.39 is 0 Å². The second-order valence-electron chi connectivity index (χ2n) is 26.4. The zero-order valence-electron chi connectivity index (χ0n) is 47.6. The monoisotopic (exact) mass is 991 g/mol. The van der Waals surface area contributed by atoms with Gasteiger partial charge in [0.05, 0.1) is 22.4 Å². The predicted octanol–water partition coefficient (Wildman–Crippen LogP) is 19.1. The van der Waals surface area contributed by atoms with Crippen LogP contribution in [0.4, 0.5) is 22.7 Å². The molecule has 0 saturated carbocycles. The molecule has 1 aliphatic heterocycles. The molecule has 0 spiro atoms. The third-order valence-corrected chi connectivity index (χ3v) is 16.1. The number of anilines is 4. The average Bonchev–Trinajstić information content (AvgIpc) is 3.92. The minimum Gasteiger partial charge on any atom is -0.457 e. The van der Waals surface area contributed by atoms with Crippen LogP contribution in [0.2, 0.25) is 0 Å². The molecule has 0 atom stereocenters. The third kappa shape index (κ3) is 9.76. The van der Waals surface area contributed by atoms with Crippen molar-refractivity contribution in [2.45, 2.75) is 143 Å². The van der Waals surface area contributed by atoms with Gasteiger partial charge in [-0.05, 0) is 133 Å². The number of benzene rings is 7. The number of aromatic nitrogens is 2. The first-order valence-corrected chi connectivity index (χ1v) is 27.0. The van der Waals surface area contributed by atoms with Gasteiger partial charge in [0, 0.05) is 51.3 Å². The second-order valence-corrected chi connectivity index (χ2v) is 26.4. The average molecular weight is 991 g/mol. The molecule has 0 radical (unpaired) electrons. The first-order chi connectivity index (χ1) is 35.2. The molecule has 0 amide bonds. The fourth-order valence-corrected chi connectivity index (χ4v) is 10.8. The van der Waals surface area contributed by atoms with Crippen LogP contribution in [0.25, 0.3) is 27.6 Å². The standard InChI is InChI=1S/C70H78N4O/c1-65(2,3)48-27-30-58-59-31-29-56(44-62(59)74(61(58)40-48)64-42-50(33-34-71-64)70(15,16)47-25-21-18-22-26-47)75-57-39-53(68(10,11)12)38-55(43-57)72-45-73(54-36-51(66(4,5)6)35-52(37-54)67(7,8)9)63-41-49(28-32-60(63)72)69(13,14)46-23-19-17-20-24-46/h17-44H,45H2,1-16H3. The number of hydrogen-bond donors (Lipinski definition) is 0. The van der Waals surface area contributed by atoms with E-state index in [4.69, 9.17) is 9.72 Å². The van der Waals surface area contributed by atoms with E-state index in [-0.39, 0.29) is 32.5 Å². The predicted molar refractivity (Wildman–Crippen MR) is 319 cm³/mol. The summed E-state index contributed by atoms with van der Waals surface area (Å²) in [5.41, 5.74) is 16.3. The molecular formula is C70H78N4O. The van der Waals surface area contributed by atoms with Crippen molar-refractivity contribution >= 4 is 44.6 Å². The third-order valence-electron chi connectivity index (χ3n) is 16.1. The van der Waals surface area contributed by atoms with E-state index in [0.29, 0.717) is 6.67 Å². The van der Waals surface area contributed by atoms with Crippen LogP contribution in [-0.2, 0) is 32.5 Å². The highest BCUT2D eigenvalue weighted by Gasteiger charge is 2.34. The topological polar surface area (TPSA) is 33.5 Å². The largest absolute Gasteiger partial charge is 0.457 e. The van der Waals surface area contributed by atoms with Crippen LogP contribution in [0.5, 0.6) is 11.5 Å². The van der Waals surface area contributed by atoms with Gasteiger partial charge in [-0.2, -0.15) is 0 Å². The molecule has 0 N–H and O–H groups in total. The van der Waals surface area contributed by atoms with Crippen molar-refractivity contribution in [2.75, 3.05) is 16.5 Å². The Morgan fingerprint density at radius 3 is 1.40 bits per heavy atom. The molecule has 1 aliphatic rings. The van der Waals surface area contributed by atoms with E-state index in [9.17, 15) is 0 Å². The summed E-state index contributed by atoms with van der Waals surface area (Å²) in [5, 5.41) is 2.34. The number of ether oxygens (including phenoxy) is 1. The summed E-state index contributed by atoms with van der Waals surface area (Å²) < 4.78 is 9.51. The van der Waals surface area contributed by atoms with E-state index in [1.807, 2.05) is 6.20 Å². The van der Waals surface area contributed by atoms with Crippen LogP contribution in [0.3, 0.4) is 0 Å². The number of rotatable bonds is 9. The quantitative estimate of drug-likeness (QED) is 0.144. The van der Waals surface area contributed by atoms with Crippen LogP contribution in [0, 0.1) is 0 Å². The lowest BCUT2D eigenvalue weighted by Crippen LogP contribution is -2.26. The summed E-state index contributed by atoms with van der Waals surface area (Å²) in [7, 11) is 0. The van der Waals surface area contributed by atoms with Crippen LogP contribution in [0.15, 0.2) is 170 Å². The Bertz CT molecular complexity index is 3560. The Kier molecular flexibility index (Phi) is 12.6. The Hall–Kier alpha value is -7.11. The van der Waals surface area contributed by atoms with Crippen molar-refractivity contribution in [3.05, 3.63) is 214 Å². The Labute approximate surface area is 448 Å². The SMILES string of the molecule is CC(C)(C)c1cc(Oc2ccc3c4ccc(C(C)(C)C)cc4n(-c4cc(C(C)(C)c5ccccc5)ccn4)c3c2)cc(N2CN(c3cc(C(C)(C)C)cc(C(C)(C)C)c3)c3cc(C(C)(C)c4ccccc4)ccc32)c1. The lowest BCUT2D eigenvalue weighted by atomic mass is 9.78. The van der Waals surface area contributed by atoms with Gasteiger partial charge in [-0.1, -0.05) is 196 Å². The zero-order chi connectivity index (χ0) is 53.6. The summed E-state index contributed by atoms with van der Waals surface area (Å²) in [4.78, 5) is 10.1. The minimum atomic E-state index is -0.238. The van der Waals surface area contributed by atoms with Crippen molar-refractivity contribution in [3.63, 3.8) is 0 Å². The maximum Gasteiger partial charge on any atom is 0.137 e. The van der Waals surface area contributed by atoms with Crippen molar-refractivity contribution in [3.8, 4) is 17.3 Å². The highest BCUT2D eigenvalue weighted by molar-refractivity contribution is 6.09. The van der Waals surface area contributed by atoms with Crippen LogP contribution >= 0.6 is 0 Å². The molecule has 10 rings (SSSR count). The summed E-state index contributed by atoms with van der Waals surface area (Å²) in [6.07, 6.45) is 1.97. The molecule has 75 heavy (non-hydrogen) atoms. The van der Waals surface area contributed by atoms with Crippen LogP contribution in [-0.4, -0.2) is 16.2 Å². The number of fused-ring (bicyclic) bond motifs is 4. The van der Waals surface area contributed by atoms with Gasteiger partial charge >= 0.3 is 0 Å². The molecule has 7 aromatic carbocycles. The second kappa shape index (κ2) is 18.3. The highest BCUT2D eigenvalue weighted by Crippen LogP contribution is 2.50. The maximum atomic E-state index is 7.17. The van der Waals surface area contributed by atoms with Gasteiger partial charge in [0.1, 0.15) is 24.0 Å². The van der Waals surface area contributed by atoms with Gasteiger partial charge in [-0.25, -0.2) is 4.98 Å². The lowest BCUT2D eigenvalue weighted by Gasteiger charge is -2.30. The van der Waals surface area contributed by atoms with Crippen molar-refractivity contribution in [2.24, 2.45) is 0 Å². The van der Waals surface area contributed by atoms with Gasteiger partial charge in [-0.3, -0.25) is 4.57 Å². The first kappa shape index (κ1) is 51.4. The summed E-state index contributed by atoms with van der Waals surface area (Å²) in [6, 6.07) is 60.9. The molecule has 9 aromatic rings. The molecule has 0 bridgehead atoms. The Balaban J connectivity index is 1.11. The lowest BCUT2D eigenvalue weighted by molar-refractivity contribution is 0.479. The number of pyridine rings is 1. The molecule has 0 fully saturated rings. The first-order valence-electron chi connectivity index (χ1n) is 27.0. The van der Waals surface area contributed by atoms with Gasteiger partial charge < -0.3 is 14.5 Å². The van der Waals surface area contributed by atoms with E-state index in [1.54, 1.807) is 0 Å². The van der Waals surface area contributed by atoms with Crippen LogP contribution < -0.4 is 14.5 Å². The van der Waals surface area contributed by atoms with Gasteiger partial charge in [-0.15, -0.1) is 0 Å². The molecule has 5 heteroatoms. The van der Waals surface area contributed by atoms with Crippen molar-refractivity contribution in [1.29, 1.82) is 0 Å². The molecule has 0 unspecified atom stereocenters. The Morgan fingerprint density at radius 2 is 0.840 bits per heavy atom. The Morgan fingerprint density at radius 1 is 0.360 bits per heavy atom. The van der Waals surface area contributed by atoms with E-state index >= 15 is 0 Å². The van der Waals surface area contributed by atoms with Gasteiger partial charge in [0.15, 0.2) is 0 Å². The summed E-state index contributed by atoms with van der Waals surface area (Å²) >= 11 is 0. The maximum absolute atomic E-state index is 7.17. The molecule has 3 heterocycles. The molecule has 384 valence electrons. The number of nitrogens with zero attached hydrogens (tertiary/aromatic N) is 4. The smallest absolute Gasteiger partial charge is 0.137 e. The van der Waals surface area contributed by atoms with Gasteiger partial charge in [0.2, 0.25) is 0 Å². The summed E-state index contributed by atoms with van der Waals surface area (Å²) in [5.74, 6) is 2.45.